The van der Waals surface area contributed by atoms with Gasteiger partial charge >= 0.3 is 0 Å². The summed E-state index contributed by atoms with van der Waals surface area (Å²) < 4.78 is 20.9. The first-order chi connectivity index (χ1) is 9.33. The zero-order valence-electron chi connectivity index (χ0n) is 11.6. The van der Waals surface area contributed by atoms with E-state index in [1.54, 1.807) is 14.2 Å². The smallest absolute Gasteiger partial charge is 0.262 e. The van der Waals surface area contributed by atoms with E-state index < -0.39 is 0 Å². The van der Waals surface area contributed by atoms with E-state index in [-0.39, 0.29) is 0 Å². The molecule has 0 radical (unpaired) electrons. The molecular weight excluding hydrogens is 250 g/mol. The highest BCUT2D eigenvalue weighted by atomic mass is 16.6. The Morgan fingerprint density at radius 1 is 1.11 bits per heavy atom. The quantitative estimate of drug-likeness (QED) is 0.635. The normalized spacial score (nSPS) is 10.3. The average Bonchev–Trinajstić information content (AvgIpc) is 2.43. The van der Waals surface area contributed by atoms with Crippen LogP contribution in [-0.2, 0) is 9.47 Å². The van der Waals surface area contributed by atoms with Gasteiger partial charge in [-0.05, 0) is 6.92 Å². The SMILES string of the molecule is CCNc1ncnc(OCCOCCOC)c1OC. The van der Waals surface area contributed by atoms with E-state index in [1.165, 1.54) is 6.33 Å². The molecule has 7 nitrogen and oxygen atoms in total. The largest absolute Gasteiger partial charge is 0.489 e. The first-order valence-corrected chi connectivity index (χ1v) is 6.15. The molecule has 1 rings (SSSR count). The Hall–Kier alpha value is -1.60. The van der Waals surface area contributed by atoms with Gasteiger partial charge < -0.3 is 24.3 Å². The zero-order chi connectivity index (χ0) is 13.9. The van der Waals surface area contributed by atoms with Crippen molar-refractivity contribution in [2.75, 3.05) is 52.5 Å². The minimum atomic E-state index is 0.392. The Bertz CT molecular complexity index is 363. The van der Waals surface area contributed by atoms with E-state index in [0.717, 1.165) is 6.54 Å². The van der Waals surface area contributed by atoms with Gasteiger partial charge in [0.1, 0.15) is 12.9 Å². The van der Waals surface area contributed by atoms with Crippen LogP contribution in [0.15, 0.2) is 6.33 Å². The van der Waals surface area contributed by atoms with Gasteiger partial charge in [0.15, 0.2) is 5.82 Å². The lowest BCUT2D eigenvalue weighted by Crippen LogP contribution is -2.12. The van der Waals surface area contributed by atoms with Crippen molar-refractivity contribution in [3.8, 4) is 11.6 Å². The Balaban J connectivity index is 2.46. The molecule has 1 N–H and O–H groups in total. The molecule has 1 aromatic rings. The van der Waals surface area contributed by atoms with Gasteiger partial charge in [0.2, 0.25) is 5.75 Å². The van der Waals surface area contributed by atoms with Crippen LogP contribution in [0.3, 0.4) is 0 Å². The summed E-state index contributed by atoms with van der Waals surface area (Å²) in [6, 6.07) is 0. The number of anilines is 1. The van der Waals surface area contributed by atoms with Crippen LogP contribution in [-0.4, -0.2) is 57.2 Å². The van der Waals surface area contributed by atoms with Crippen LogP contribution in [0.25, 0.3) is 0 Å². The number of hydrogen-bond acceptors (Lipinski definition) is 7. The van der Waals surface area contributed by atoms with Crippen molar-refractivity contribution in [3.05, 3.63) is 6.33 Å². The highest BCUT2D eigenvalue weighted by Gasteiger charge is 2.12. The molecule has 0 saturated heterocycles. The van der Waals surface area contributed by atoms with E-state index in [2.05, 4.69) is 15.3 Å². The Labute approximate surface area is 113 Å². The summed E-state index contributed by atoms with van der Waals surface area (Å²) in [5.41, 5.74) is 0. The van der Waals surface area contributed by atoms with Crippen LogP contribution in [0.2, 0.25) is 0 Å². The van der Waals surface area contributed by atoms with Crippen molar-refractivity contribution < 1.29 is 18.9 Å². The molecule has 19 heavy (non-hydrogen) atoms. The third-order valence-corrected chi connectivity index (χ3v) is 2.22. The summed E-state index contributed by atoms with van der Waals surface area (Å²) in [6.45, 7) is 4.69. The molecule has 0 saturated carbocycles. The molecule has 0 aliphatic rings. The van der Waals surface area contributed by atoms with E-state index in [9.17, 15) is 0 Å². The molecule has 1 aromatic heterocycles. The van der Waals surface area contributed by atoms with E-state index >= 15 is 0 Å². The predicted octanol–water partition coefficient (Wildman–Crippen LogP) is 0.959. The molecule has 0 aliphatic heterocycles. The molecule has 108 valence electrons. The summed E-state index contributed by atoms with van der Waals surface area (Å²) in [6.07, 6.45) is 1.43. The topological polar surface area (TPSA) is 74.7 Å². The zero-order valence-corrected chi connectivity index (χ0v) is 11.6. The van der Waals surface area contributed by atoms with Gasteiger partial charge in [-0.3, -0.25) is 0 Å². The number of methoxy groups -OCH3 is 2. The average molecular weight is 271 g/mol. The second-order valence-electron chi connectivity index (χ2n) is 3.54. The molecule has 7 heteroatoms. The van der Waals surface area contributed by atoms with Crippen LogP contribution in [0.5, 0.6) is 11.6 Å². The molecule has 0 aliphatic carbocycles. The lowest BCUT2D eigenvalue weighted by atomic mass is 10.5. The Morgan fingerprint density at radius 3 is 2.58 bits per heavy atom. The Kier molecular flexibility index (Phi) is 7.60. The van der Waals surface area contributed by atoms with Crippen LogP contribution in [0.1, 0.15) is 6.92 Å². The lowest BCUT2D eigenvalue weighted by Gasteiger charge is -2.12. The molecular formula is C12H21N3O4. The second-order valence-corrected chi connectivity index (χ2v) is 3.54. The summed E-state index contributed by atoms with van der Waals surface area (Å²) >= 11 is 0. The monoisotopic (exact) mass is 271 g/mol. The van der Waals surface area contributed by atoms with Crippen molar-refractivity contribution in [2.24, 2.45) is 0 Å². The summed E-state index contributed by atoms with van der Waals surface area (Å²) in [5, 5.41) is 3.08. The van der Waals surface area contributed by atoms with Gasteiger partial charge in [0, 0.05) is 13.7 Å². The summed E-state index contributed by atoms with van der Waals surface area (Å²) in [4.78, 5) is 8.14. The molecule has 0 atom stereocenters. The number of ether oxygens (including phenoxy) is 4. The van der Waals surface area contributed by atoms with Crippen molar-refractivity contribution in [2.45, 2.75) is 6.92 Å². The van der Waals surface area contributed by atoms with Crippen LogP contribution in [0.4, 0.5) is 5.82 Å². The van der Waals surface area contributed by atoms with Gasteiger partial charge in [-0.2, -0.15) is 4.98 Å². The van der Waals surface area contributed by atoms with E-state index in [0.29, 0.717) is 43.9 Å². The van der Waals surface area contributed by atoms with Gasteiger partial charge in [-0.15, -0.1) is 0 Å². The maximum Gasteiger partial charge on any atom is 0.262 e. The maximum absolute atomic E-state index is 5.51. The standard InChI is InChI=1S/C12H21N3O4/c1-4-13-11-10(17-3)12(15-9-14-11)19-8-7-18-6-5-16-2/h9H,4-8H2,1-3H3,(H,13,14,15). The highest BCUT2D eigenvalue weighted by Crippen LogP contribution is 2.30. The van der Waals surface area contributed by atoms with Gasteiger partial charge in [-0.1, -0.05) is 0 Å². The minimum Gasteiger partial charge on any atom is -0.489 e. The van der Waals surface area contributed by atoms with Crippen molar-refractivity contribution in [3.63, 3.8) is 0 Å². The molecule has 0 aromatic carbocycles. The first kappa shape index (κ1) is 15.5. The van der Waals surface area contributed by atoms with Crippen LogP contribution < -0.4 is 14.8 Å². The lowest BCUT2D eigenvalue weighted by molar-refractivity contribution is 0.0531. The molecule has 0 spiro atoms. The number of hydrogen-bond donors (Lipinski definition) is 1. The maximum atomic E-state index is 5.51. The number of rotatable bonds is 10. The van der Waals surface area contributed by atoms with Gasteiger partial charge in [0.25, 0.3) is 5.88 Å². The van der Waals surface area contributed by atoms with Gasteiger partial charge in [0.05, 0.1) is 26.9 Å². The number of nitrogens with zero attached hydrogens (tertiary/aromatic N) is 2. The van der Waals surface area contributed by atoms with Crippen molar-refractivity contribution >= 4 is 5.82 Å². The van der Waals surface area contributed by atoms with Crippen LogP contribution >= 0.6 is 0 Å². The van der Waals surface area contributed by atoms with Gasteiger partial charge in [-0.25, -0.2) is 4.98 Å². The third-order valence-electron chi connectivity index (χ3n) is 2.22. The third kappa shape index (κ3) is 5.27. The molecule has 0 amide bonds. The number of aromatic nitrogens is 2. The fourth-order valence-electron chi connectivity index (χ4n) is 1.38. The fourth-order valence-corrected chi connectivity index (χ4v) is 1.38. The van der Waals surface area contributed by atoms with Crippen molar-refractivity contribution in [1.82, 2.24) is 9.97 Å². The Morgan fingerprint density at radius 2 is 1.89 bits per heavy atom. The second kappa shape index (κ2) is 9.35. The van der Waals surface area contributed by atoms with E-state index in [1.807, 2.05) is 6.92 Å². The fraction of sp³-hybridized carbons (Fsp3) is 0.667. The summed E-state index contributed by atoms with van der Waals surface area (Å²) in [5.74, 6) is 1.53. The predicted molar refractivity (Wildman–Crippen MR) is 70.9 cm³/mol. The first-order valence-electron chi connectivity index (χ1n) is 6.15. The van der Waals surface area contributed by atoms with Crippen molar-refractivity contribution in [1.29, 1.82) is 0 Å². The summed E-state index contributed by atoms with van der Waals surface area (Å²) in [7, 11) is 3.19. The molecule has 0 unspecified atom stereocenters. The molecule has 0 fully saturated rings. The van der Waals surface area contributed by atoms with Crippen LogP contribution in [0, 0.1) is 0 Å². The number of nitrogens with one attached hydrogen (secondary N) is 1. The molecule has 1 heterocycles. The van der Waals surface area contributed by atoms with E-state index in [4.69, 9.17) is 18.9 Å². The minimum absolute atomic E-state index is 0.392. The molecule has 0 bridgehead atoms. The highest BCUT2D eigenvalue weighted by molar-refractivity contribution is 5.54.